The molecule has 0 aliphatic carbocycles. The fourth-order valence-electron chi connectivity index (χ4n) is 5.61. The third-order valence-electron chi connectivity index (χ3n) is 7.74. The highest BCUT2D eigenvalue weighted by Crippen LogP contribution is 2.41. The van der Waals surface area contributed by atoms with Crippen molar-refractivity contribution in [2.45, 2.75) is 33.6 Å². The van der Waals surface area contributed by atoms with Gasteiger partial charge in [-0.2, -0.15) is 0 Å². The van der Waals surface area contributed by atoms with Gasteiger partial charge in [0, 0.05) is 67.6 Å². The second-order valence-corrected chi connectivity index (χ2v) is 9.67. The zero-order chi connectivity index (χ0) is 25.1. The lowest BCUT2D eigenvalue weighted by Gasteiger charge is -2.26. The highest BCUT2D eigenvalue weighted by atomic mass is 15.3. The molecule has 0 atom stereocenters. The summed E-state index contributed by atoms with van der Waals surface area (Å²) in [5.74, 6) is 0.176. The number of anilines is 3. The Bertz CT molecular complexity index is 1230. The molecule has 0 unspecified atom stereocenters. The van der Waals surface area contributed by atoms with Crippen LogP contribution in [-0.2, 0) is 0 Å². The van der Waals surface area contributed by atoms with Crippen LogP contribution in [-0.4, -0.2) is 39.3 Å². The van der Waals surface area contributed by atoms with E-state index in [1.165, 1.54) is 44.5 Å². The molecule has 0 radical (unpaired) electrons. The summed E-state index contributed by atoms with van der Waals surface area (Å²) < 4.78 is 0. The van der Waals surface area contributed by atoms with Gasteiger partial charge in [0.2, 0.25) is 0 Å². The molecule has 3 nitrogen and oxygen atoms in total. The van der Waals surface area contributed by atoms with Crippen molar-refractivity contribution in [3.8, 4) is 0 Å². The first-order valence-corrected chi connectivity index (χ1v) is 13.6. The molecule has 186 valence electrons. The molecule has 1 aliphatic heterocycles. The van der Waals surface area contributed by atoms with Crippen LogP contribution >= 0.6 is 0 Å². The van der Waals surface area contributed by atoms with Crippen LogP contribution in [0.4, 0.5) is 17.1 Å². The maximum atomic E-state index is 2.46. The molecule has 1 saturated heterocycles. The van der Waals surface area contributed by atoms with Gasteiger partial charge in [0.1, 0.15) is 0 Å². The summed E-state index contributed by atoms with van der Waals surface area (Å²) >= 11 is 0. The Morgan fingerprint density at radius 2 is 1.06 bits per heavy atom. The van der Waals surface area contributed by atoms with E-state index in [1.807, 2.05) is 0 Å². The lowest BCUT2D eigenvalue weighted by molar-refractivity contribution is 0.863. The van der Waals surface area contributed by atoms with E-state index in [0.29, 0.717) is 0 Å². The smallest absolute Gasteiger partial charge is 0.0447 e. The van der Waals surface area contributed by atoms with Gasteiger partial charge in [-0.1, -0.05) is 54.6 Å². The van der Waals surface area contributed by atoms with Crippen molar-refractivity contribution in [3.63, 3.8) is 0 Å². The molecule has 36 heavy (non-hydrogen) atoms. The van der Waals surface area contributed by atoms with Gasteiger partial charge in [0.15, 0.2) is 0 Å². The van der Waals surface area contributed by atoms with Crippen molar-refractivity contribution in [2.75, 3.05) is 54.0 Å². The van der Waals surface area contributed by atoms with Crippen LogP contribution in [0, 0.1) is 0 Å². The molecule has 0 aromatic heterocycles. The number of benzene rings is 4. The van der Waals surface area contributed by atoms with Gasteiger partial charge >= 0.3 is 0 Å². The Labute approximate surface area is 217 Å². The van der Waals surface area contributed by atoms with Gasteiger partial charge in [-0.15, -0.1) is 0 Å². The number of hydrogen-bond acceptors (Lipinski definition) is 3. The Balaban J connectivity index is 1.64. The number of hydrogen-bond donors (Lipinski definition) is 0. The van der Waals surface area contributed by atoms with Gasteiger partial charge < -0.3 is 14.7 Å². The van der Waals surface area contributed by atoms with Crippen molar-refractivity contribution < 1.29 is 0 Å². The Morgan fingerprint density at radius 3 is 1.50 bits per heavy atom. The fourth-order valence-corrected chi connectivity index (χ4v) is 5.61. The predicted octanol–water partition coefficient (Wildman–Crippen LogP) is 7.53. The fraction of sp³-hybridized carbons (Fsp3) is 0.333. The number of fused-ring (bicyclic) bond motifs is 1. The molecular weight excluding hydrogens is 438 g/mol. The Hall–Kier alpha value is -3.46. The molecule has 1 fully saturated rings. The zero-order valence-electron chi connectivity index (χ0n) is 22.2. The summed E-state index contributed by atoms with van der Waals surface area (Å²) in [7, 11) is 0. The third-order valence-corrected chi connectivity index (χ3v) is 7.74. The SMILES string of the molecule is CCN(CC)c1ccc(C(c2ccc(N(CC)CC)cc2)c2ccc(N3CC3)c3ccccc23)cc1. The maximum Gasteiger partial charge on any atom is 0.0447 e. The molecule has 5 rings (SSSR count). The second kappa shape index (κ2) is 10.7. The zero-order valence-corrected chi connectivity index (χ0v) is 22.2. The molecule has 3 heteroatoms. The molecule has 0 spiro atoms. The van der Waals surface area contributed by atoms with Crippen molar-refractivity contribution in [1.29, 1.82) is 0 Å². The quantitative estimate of drug-likeness (QED) is 0.173. The minimum atomic E-state index is 0.176. The first-order valence-electron chi connectivity index (χ1n) is 13.6. The van der Waals surface area contributed by atoms with Crippen LogP contribution in [0.25, 0.3) is 10.8 Å². The molecule has 0 amide bonds. The molecule has 0 N–H and O–H groups in total. The van der Waals surface area contributed by atoms with Gasteiger partial charge in [-0.05, 0) is 80.1 Å². The number of rotatable bonds is 10. The van der Waals surface area contributed by atoms with E-state index >= 15 is 0 Å². The molecule has 4 aromatic rings. The van der Waals surface area contributed by atoms with Crippen LogP contribution in [0.15, 0.2) is 84.9 Å². The van der Waals surface area contributed by atoms with Crippen LogP contribution in [0.3, 0.4) is 0 Å². The van der Waals surface area contributed by atoms with Gasteiger partial charge in [-0.25, -0.2) is 0 Å². The van der Waals surface area contributed by atoms with E-state index in [-0.39, 0.29) is 5.92 Å². The molecule has 4 aromatic carbocycles. The van der Waals surface area contributed by atoms with E-state index in [2.05, 4.69) is 127 Å². The van der Waals surface area contributed by atoms with Crippen LogP contribution in [0.5, 0.6) is 0 Å². The van der Waals surface area contributed by atoms with Crippen molar-refractivity contribution >= 4 is 27.8 Å². The first kappa shape index (κ1) is 24.2. The topological polar surface area (TPSA) is 9.49 Å². The summed E-state index contributed by atoms with van der Waals surface area (Å²) in [6.07, 6.45) is 0. The average molecular weight is 478 g/mol. The predicted molar refractivity (Wildman–Crippen MR) is 157 cm³/mol. The van der Waals surface area contributed by atoms with Crippen molar-refractivity contribution in [3.05, 3.63) is 102 Å². The van der Waals surface area contributed by atoms with Crippen LogP contribution in [0.2, 0.25) is 0 Å². The standard InChI is InChI=1S/C33H39N3/c1-5-34(6-2)27-17-13-25(14-18-27)33(26-15-19-28(20-16-26)35(7-3)8-4)31-21-22-32(36-23-24-36)30-12-10-9-11-29(30)31/h9-22,33H,5-8,23-24H2,1-4H3. The maximum absolute atomic E-state index is 2.46. The lowest BCUT2D eigenvalue weighted by atomic mass is 9.82. The summed E-state index contributed by atoms with van der Waals surface area (Å²) in [4.78, 5) is 7.27. The minimum Gasteiger partial charge on any atom is -0.372 e. The minimum absolute atomic E-state index is 0.176. The normalized spacial score (nSPS) is 12.9. The molecule has 1 aliphatic rings. The van der Waals surface area contributed by atoms with E-state index in [1.54, 1.807) is 0 Å². The van der Waals surface area contributed by atoms with Crippen molar-refractivity contribution in [1.82, 2.24) is 0 Å². The van der Waals surface area contributed by atoms with Gasteiger partial charge in [0.25, 0.3) is 0 Å². The van der Waals surface area contributed by atoms with E-state index in [4.69, 9.17) is 0 Å². The second-order valence-electron chi connectivity index (χ2n) is 9.67. The highest BCUT2D eigenvalue weighted by molar-refractivity contribution is 5.98. The van der Waals surface area contributed by atoms with Crippen LogP contribution in [0.1, 0.15) is 50.3 Å². The third kappa shape index (κ3) is 4.67. The van der Waals surface area contributed by atoms with Gasteiger partial charge in [0.05, 0.1) is 0 Å². The average Bonchev–Trinajstić information content (AvgIpc) is 3.77. The van der Waals surface area contributed by atoms with Crippen LogP contribution < -0.4 is 14.7 Å². The van der Waals surface area contributed by atoms with Crippen molar-refractivity contribution in [2.24, 2.45) is 0 Å². The van der Waals surface area contributed by atoms with E-state index < -0.39 is 0 Å². The number of nitrogens with zero attached hydrogens (tertiary/aromatic N) is 3. The summed E-state index contributed by atoms with van der Waals surface area (Å²) in [6.45, 7) is 15.3. The highest BCUT2D eigenvalue weighted by Gasteiger charge is 2.24. The molecule has 1 heterocycles. The summed E-state index contributed by atoms with van der Waals surface area (Å²) in [5, 5.41) is 2.71. The molecular formula is C33H39N3. The summed E-state index contributed by atoms with van der Waals surface area (Å²) in [5.41, 5.74) is 8.00. The molecule has 0 saturated carbocycles. The Kier molecular flexibility index (Phi) is 7.18. The summed E-state index contributed by atoms with van der Waals surface area (Å²) in [6, 6.07) is 32.2. The molecule has 0 bridgehead atoms. The largest absolute Gasteiger partial charge is 0.372 e. The lowest BCUT2D eigenvalue weighted by Crippen LogP contribution is -2.22. The van der Waals surface area contributed by atoms with E-state index in [9.17, 15) is 0 Å². The van der Waals surface area contributed by atoms with Gasteiger partial charge in [-0.3, -0.25) is 0 Å². The first-order chi connectivity index (χ1) is 17.7. The Morgan fingerprint density at radius 1 is 0.583 bits per heavy atom. The monoisotopic (exact) mass is 477 g/mol. The van der Waals surface area contributed by atoms with E-state index in [0.717, 1.165) is 39.3 Å².